The molecule has 0 aromatic heterocycles. The summed E-state index contributed by atoms with van der Waals surface area (Å²) in [4.78, 5) is 0. The number of rotatable bonds is 5. The molecule has 0 radical (unpaired) electrons. The zero-order valence-electron chi connectivity index (χ0n) is 13.3. The van der Waals surface area contributed by atoms with Crippen molar-refractivity contribution >= 4 is 15.9 Å². The lowest BCUT2D eigenvalue weighted by atomic mass is 9.74. The predicted molar refractivity (Wildman–Crippen MR) is 90.7 cm³/mol. The van der Waals surface area contributed by atoms with Crippen LogP contribution in [0.2, 0.25) is 0 Å². The second-order valence-electron chi connectivity index (χ2n) is 6.65. The van der Waals surface area contributed by atoms with E-state index in [0.29, 0.717) is 12.3 Å². The van der Waals surface area contributed by atoms with Crippen LogP contribution in [0.1, 0.15) is 45.1 Å². The first-order chi connectivity index (χ1) is 10.0. The average Bonchev–Trinajstić information content (AvgIpc) is 2.47. The van der Waals surface area contributed by atoms with E-state index in [-0.39, 0.29) is 6.10 Å². The third-order valence-corrected chi connectivity index (χ3v) is 5.47. The Balaban J connectivity index is 1.96. The van der Waals surface area contributed by atoms with E-state index < -0.39 is 0 Å². The first-order valence-electron chi connectivity index (χ1n) is 8.01. The van der Waals surface area contributed by atoms with E-state index in [0.717, 1.165) is 40.5 Å². The van der Waals surface area contributed by atoms with Crippen molar-refractivity contribution in [3.63, 3.8) is 0 Å². The average molecular weight is 355 g/mol. The molecular weight excluding hydrogens is 328 g/mol. The molecule has 0 bridgehead atoms. The van der Waals surface area contributed by atoms with Crippen molar-refractivity contribution in [3.05, 3.63) is 28.2 Å². The molecule has 1 aromatic carbocycles. The Morgan fingerprint density at radius 2 is 1.81 bits per heavy atom. The lowest BCUT2D eigenvalue weighted by Crippen LogP contribution is -2.29. The van der Waals surface area contributed by atoms with Crippen LogP contribution in [0.25, 0.3) is 0 Å². The Kier molecular flexibility index (Phi) is 6.12. The van der Waals surface area contributed by atoms with E-state index in [1.807, 2.05) is 12.1 Å². The van der Waals surface area contributed by atoms with Gasteiger partial charge >= 0.3 is 0 Å². The maximum atomic E-state index is 10.6. The highest BCUT2D eigenvalue weighted by Crippen LogP contribution is 2.36. The molecule has 1 aromatic rings. The van der Waals surface area contributed by atoms with Gasteiger partial charge in [-0.2, -0.15) is 0 Å². The van der Waals surface area contributed by atoms with E-state index in [1.165, 1.54) is 12.8 Å². The Labute approximate surface area is 137 Å². The topological polar surface area (TPSA) is 29.5 Å². The molecule has 1 aliphatic rings. The van der Waals surface area contributed by atoms with E-state index in [1.54, 1.807) is 7.11 Å². The van der Waals surface area contributed by atoms with Crippen LogP contribution in [0.3, 0.4) is 0 Å². The molecule has 2 rings (SSSR count). The van der Waals surface area contributed by atoms with Gasteiger partial charge in [-0.15, -0.1) is 0 Å². The number of benzene rings is 1. The lowest BCUT2D eigenvalue weighted by molar-refractivity contribution is 0.0670. The largest absolute Gasteiger partial charge is 0.496 e. The molecule has 21 heavy (non-hydrogen) atoms. The minimum Gasteiger partial charge on any atom is -0.496 e. The fourth-order valence-electron chi connectivity index (χ4n) is 3.50. The van der Waals surface area contributed by atoms with Gasteiger partial charge in [-0.25, -0.2) is 0 Å². The molecule has 1 saturated carbocycles. The van der Waals surface area contributed by atoms with Gasteiger partial charge in [0.1, 0.15) is 5.75 Å². The van der Waals surface area contributed by atoms with Gasteiger partial charge < -0.3 is 9.84 Å². The summed E-state index contributed by atoms with van der Waals surface area (Å²) < 4.78 is 6.44. The smallest absolute Gasteiger partial charge is 0.122 e. The van der Waals surface area contributed by atoms with Gasteiger partial charge in [0.2, 0.25) is 0 Å². The van der Waals surface area contributed by atoms with E-state index >= 15 is 0 Å². The third-order valence-electron chi connectivity index (χ3n) is 4.97. The van der Waals surface area contributed by atoms with Crippen molar-refractivity contribution in [2.24, 2.45) is 17.8 Å². The third kappa shape index (κ3) is 4.46. The summed E-state index contributed by atoms with van der Waals surface area (Å²) >= 11 is 3.50. The van der Waals surface area contributed by atoms with Gasteiger partial charge in [0.25, 0.3) is 0 Å². The molecule has 1 unspecified atom stereocenters. The van der Waals surface area contributed by atoms with E-state index in [2.05, 4.69) is 35.8 Å². The minimum atomic E-state index is -0.263. The zero-order chi connectivity index (χ0) is 15.4. The number of aliphatic hydroxyl groups excluding tert-OH is 1. The molecule has 0 aliphatic heterocycles. The summed E-state index contributed by atoms with van der Waals surface area (Å²) in [5.41, 5.74) is 1.09. The number of hydrogen-bond acceptors (Lipinski definition) is 2. The zero-order valence-corrected chi connectivity index (χ0v) is 14.9. The Hall–Kier alpha value is -0.540. The number of aliphatic hydroxyl groups is 1. The highest BCUT2D eigenvalue weighted by molar-refractivity contribution is 9.10. The van der Waals surface area contributed by atoms with Crippen molar-refractivity contribution in [1.29, 1.82) is 0 Å². The molecule has 0 amide bonds. The number of ether oxygens (including phenoxy) is 1. The van der Waals surface area contributed by atoms with Gasteiger partial charge in [0.15, 0.2) is 0 Å². The van der Waals surface area contributed by atoms with Crippen LogP contribution in [-0.2, 0) is 6.42 Å². The van der Waals surface area contributed by atoms with E-state index in [9.17, 15) is 5.11 Å². The predicted octanol–water partition coefficient (Wildman–Crippen LogP) is 4.82. The standard InChI is InChI=1S/C18H27BrO2/c1-12(2)13-4-6-14(7-5-13)17(20)11-15-10-16(19)8-9-18(15)21-3/h8-10,12-14,17,20H,4-7,11H2,1-3H3. The van der Waals surface area contributed by atoms with E-state index in [4.69, 9.17) is 4.74 Å². The van der Waals surface area contributed by atoms with Crippen LogP contribution in [-0.4, -0.2) is 18.3 Å². The highest BCUT2D eigenvalue weighted by Gasteiger charge is 2.28. The highest BCUT2D eigenvalue weighted by atomic mass is 79.9. The molecule has 1 atom stereocenters. The van der Waals surface area contributed by atoms with Gasteiger partial charge in [-0.05, 0) is 67.2 Å². The quantitative estimate of drug-likeness (QED) is 0.820. The van der Waals surface area contributed by atoms with Crippen molar-refractivity contribution < 1.29 is 9.84 Å². The second kappa shape index (κ2) is 7.64. The normalized spacial score (nSPS) is 24.1. The Morgan fingerprint density at radius 3 is 2.38 bits per heavy atom. The van der Waals surface area contributed by atoms with Crippen LogP contribution in [0.5, 0.6) is 5.75 Å². The monoisotopic (exact) mass is 354 g/mol. The first kappa shape index (κ1) is 16.8. The number of halogens is 1. The van der Waals surface area contributed by atoms with Crippen LogP contribution in [0.15, 0.2) is 22.7 Å². The summed E-state index contributed by atoms with van der Waals surface area (Å²) in [6, 6.07) is 5.99. The van der Waals surface area contributed by atoms with Crippen LogP contribution < -0.4 is 4.74 Å². The summed E-state index contributed by atoms with van der Waals surface area (Å²) in [5.74, 6) is 2.92. The summed E-state index contributed by atoms with van der Waals surface area (Å²) in [7, 11) is 1.69. The molecule has 3 heteroatoms. The summed E-state index contributed by atoms with van der Waals surface area (Å²) in [6.45, 7) is 4.63. The SMILES string of the molecule is COc1ccc(Br)cc1CC(O)C1CCC(C(C)C)CC1. The van der Waals surface area contributed by atoms with Gasteiger partial charge in [0, 0.05) is 10.9 Å². The molecule has 0 spiro atoms. The second-order valence-corrected chi connectivity index (χ2v) is 7.56. The number of methoxy groups -OCH3 is 1. The minimum absolute atomic E-state index is 0.263. The van der Waals surface area contributed by atoms with Gasteiger partial charge in [-0.1, -0.05) is 29.8 Å². The summed E-state index contributed by atoms with van der Waals surface area (Å²) in [6.07, 6.45) is 5.24. The molecule has 1 fully saturated rings. The molecule has 0 heterocycles. The fraction of sp³-hybridized carbons (Fsp3) is 0.667. The molecule has 118 valence electrons. The maximum Gasteiger partial charge on any atom is 0.122 e. The molecule has 2 nitrogen and oxygen atoms in total. The van der Waals surface area contributed by atoms with Gasteiger partial charge in [-0.3, -0.25) is 0 Å². The van der Waals surface area contributed by atoms with Gasteiger partial charge in [0.05, 0.1) is 13.2 Å². The van der Waals surface area contributed by atoms with Crippen molar-refractivity contribution in [1.82, 2.24) is 0 Å². The molecule has 1 N–H and O–H groups in total. The maximum absolute atomic E-state index is 10.6. The van der Waals surface area contributed by atoms with Crippen molar-refractivity contribution in [2.75, 3.05) is 7.11 Å². The van der Waals surface area contributed by atoms with Crippen LogP contribution >= 0.6 is 15.9 Å². The number of hydrogen-bond donors (Lipinski definition) is 1. The Morgan fingerprint density at radius 1 is 1.19 bits per heavy atom. The van der Waals surface area contributed by atoms with Crippen LogP contribution in [0.4, 0.5) is 0 Å². The summed E-state index contributed by atoms with van der Waals surface area (Å²) in [5, 5.41) is 10.6. The Bertz CT molecular complexity index is 451. The lowest BCUT2D eigenvalue weighted by Gasteiger charge is -2.33. The van der Waals surface area contributed by atoms with Crippen molar-refractivity contribution in [3.8, 4) is 5.75 Å². The molecule has 1 aliphatic carbocycles. The molecular formula is C18H27BrO2. The van der Waals surface area contributed by atoms with Crippen molar-refractivity contribution in [2.45, 2.75) is 52.1 Å². The fourth-order valence-corrected chi connectivity index (χ4v) is 3.90. The van der Waals surface area contributed by atoms with Crippen LogP contribution in [0, 0.1) is 17.8 Å². The first-order valence-corrected chi connectivity index (χ1v) is 8.81. The molecule has 0 saturated heterocycles.